The van der Waals surface area contributed by atoms with Crippen molar-refractivity contribution in [2.24, 2.45) is 0 Å². The maximum absolute atomic E-state index is 14.4. The fourth-order valence-corrected chi connectivity index (χ4v) is 4.10. The van der Waals surface area contributed by atoms with Crippen molar-refractivity contribution in [3.8, 4) is 17.3 Å². The van der Waals surface area contributed by atoms with Crippen LogP contribution in [0.25, 0.3) is 11.3 Å². The fraction of sp³-hybridized carbons (Fsp3) is 0.500. The summed E-state index contributed by atoms with van der Waals surface area (Å²) >= 11 is 0. The van der Waals surface area contributed by atoms with E-state index in [1.807, 2.05) is 6.07 Å². The zero-order valence-electron chi connectivity index (χ0n) is 20.0. The van der Waals surface area contributed by atoms with Crippen LogP contribution in [0.2, 0.25) is 0 Å². The molecule has 192 valence electrons. The van der Waals surface area contributed by atoms with Gasteiger partial charge in [0.2, 0.25) is 5.91 Å². The van der Waals surface area contributed by atoms with Gasteiger partial charge in [-0.1, -0.05) is 30.3 Å². The first-order chi connectivity index (χ1) is 16.7. The molecule has 3 N–H and O–H groups in total. The highest BCUT2D eigenvalue weighted by Gasteiger charge is 2.48. The van der Waals surface area contributed by atoms with Crippen molar-refractivity contribution in [1.29, 1.82) is 5.26 Å². The van der Waals surface area contributed by atoms with Crippen LogP contribution in [-0.2, 0) is 10.4 Å². The van der Waals surface area contributed by atoms with Crippen LogP contribution in [0.5, 0.6) is 0 Å². The lowest BCUT2D eigenvalue weighted by atomic mass is 9.96. The zero-order chi connectivity index (χ0) is 26.4. The molecule has 0 spiro atoms. The van der Waals surface area contributed by atoms with Crippen LogP contribution < -0.4 is 10.6 Å². The van der Waals surface area contributed by atoms with Crippen molar-refractivity contribution in [1.82, 2.24) is 15.6 Å². The van der Waals surface area contributed by atoms with Crippen molar-refractivity contribution in [2.45, 2.75) is 81.0 Å². The van der Waals surface area contributed by atoms with E-state index in [-0.39, 0.29) is 5.56 Å². The van der Waals surface area contributed by atoms with E-state index >= 15 is 0 Å². The summed E-state index contributed by atoms with van der Waals surface area (Å²) in [5, 5.41) is 24.2. The van der Waals surface area contributed by atoms with E-state index in [0.29, 0.717) is 42.5 Å². The molecule has 4 rings (SSSR count). The van der Waals surface area contributed by atoms with E-state index in [2.05, 4.69) is 15.6 Å². The van der Waals surface area contributed by atoms with Crippen LogP contribution in [0, 0.1) is 11.3 Å². The van der Waals surface area contributed by atoms with E-state index in [1.54, 1.807) is 18.3 Å². The Morgan fingerprint density at radius 2 is 1.75 bits per heavy atom. The lowest BCUT2D eigenvalue weighted by molar-refractivity contribution is -0.161. The molecule has 0 radical (unpaired) electrons. The minimum absolute atomic E-state index is 0.147. The number of carbonyl (C=O) groups excluding carboxylic acids is 1. The topological polar surface area (TPSA) is 98.0 Å². The zero-order valence-corrected chi connectivity index (χ0v) is 20.0. The molecule has 0 saturated heterocycles. The number of aliphatic hydroxyl groups is 1. The Morgan fingerprint density at radius 3 is 2.19 bits per heavy atom. The smallest absolute Gasteiger partial charge is 0.385 e. The number of nitrogens with zero attached hydrogens (tertiary/aromatic N) is 2. The summed E-state index contributed by atoms with van der Waals surface area (Å²) in [5.41, 5.74) is -2.18. The summed E-state index contributed by atoms with van der Waals surface area (Å²) < 4.78 is 56.7. The molecule has 1 aromatic heterocycles. The SMILES string of the molecule is CC(C)(F)C[C@H](N[C@@H](c1ccc(-c2ccc(C3(O)CC3)cn2)cc1)C(F)(F)F)C(=O)NC1(C#N)CC1. The van der Waals surface area contributed by atoms with E-state index in [9.17, 15) is 32.7 Å². The van der Waals surface area contributed by atoms with E-state index in [4.69, 9.17) is 0 Å². The van der Waals surface area contributed by atoms with E-state index in [1.165, 1.54) is 38.1 Å². The quantitative estimate of drug-likeness (QED) is 0.434. The number of benzene rings is 1. The van der Waals surface area contributed by atoms with Gasteiger partial charge in [-0.05, 0) is 51.2 Å². The minimum atomic E-state index is -4.77. The Kier molecular flexibility index (Phi) is 6.60. The van der Waals surface area contributed by atoms with Crippen molar-refractivity contribution in [2.75, 3.05) is 0 Å². The van der Waals surface area contributed by atoms with Crippen molar-refractivity contribution >= 4 is 5.91 Å². The van der Waals surface area contributed by atoms with Gasteiger partial charge in [0.05, 0.1) is 23.4 Å². The van der Waals surface area contributed by atoms with Gasteiger partial charge in [0.25, 0.3) is 0 Å². The second-order valence-electron chi connectivity index (χ2n) is 10.4. The Morgan fingerprint density at radius 1 is 1.11 bits per heavy atom. The number of nitriles is 1. The maximum atomic E-state index is 14.4. The summed E-state index contributed by atoms with van der Waals surface area (Å²) in [4.78, 5) is 17.1. The van der Waals surface area contributed by atoms with Crippen LogP contribution in [0.15, 0.2) is 42.6 Å². The van der Waals surface area contributed by atoms with Gasteiger partial charge in [-0.25, -0.2) is 4.39 Å². The number of pyridine rings is 1. The molecule has 6 nitrogen and oxygen atoms in total. The first kappa shape index (κ1) is 26.0. The largest absolute Gasteiger partial charge is 0.407 e. The molecule has 0 aliphatic heterocycles. The number of hydrogen-bond acceptors (Lipinski definition) is 5. The number of rotatable bonds is 9. The third-order valence-corrected chi connectivity index (χ3v) is 6.59. The van der Waals surface area contributed by atoms with Crippen LogP contribution in [0.4, 0.5) is 17.6 Å². The van der Waals surface area contributed by atoms with Crippen molar-refractivity contribution in [3.05, 3.63) is 53.7 Å². The fourth-order valence-electron chi connectivity index (χ4n) is 4.10. The molecular weight excluding hydrogens is 476 g/mol. The molecule has 2 aliphatic rings. The Labute approximate surface area is 206 Å². The molecule has 0 bridgehead atoms. The molecule has 2 aromatic rings. The summed E-state index contributed by atoms with van der Waals surface area (Å²) in [5.74, 6) is -0.841. The van der Waals surface area contributed by atoms with Crippen LogP contribution in [0.3, 0.4) is 0 Å². The van der Waals surface area contributed by atoms with Gasteiger partial charge < -0.3 is 10.4 Å². The molecule has 2 fully saturated rings. The Hall–Kier alpha value is -3.03. The summed E-state index contributed by atoms with van der Waals surface area (Å²) in [6.07, 6.45) is -1.57. The average molecular weight is 505 g/mol. The number of aromatic nitrogens is 1. The van der Waals surface area contributed by atoms with E-state index in [0.717, 1.165) is 0 Å². The van der Waals surface area contributed by atoms with E-state index < -0.39 is 47.4 Å². The highest BCUT2D eigenvalue weighted by molar-refractivity contribution is 5.83. The number of hydrogen-bond donors (Lipinski definition) is 3. The third kappa shape index (κ3) is 6.02. The normalized spacial score (nSPS) is 19.6. The molecule has 2 atom stereocenters. The monoisotopic (exact) mass is 504 g/mol. The lowest BCUT2D eigenvalue weighted by Gasteiger charge is -2.30. The standard InChI is InChI=1S/C26H28F4N4O2/c1-23(2,27)13-20(22(35)34-24(15-31)9-10-24)33-21(26(28,29)30)17-5-3-16(4-6-17)19-8-7-18(14-32-19)25(36)11-12-25/h3-8,14,20-21,33,36H,9-13H2,1-2H3,(H,34,35)/t20-,21-/m0/s1. The first-order valence-corrected chi connectivity index (χ1v) is 11.8. The number of carbonyl (C=O) groups is 1. The molecule has 1 heterocycles. The van der Waals surface area contributed by atoms with Crippen molar-refractivity contribution < 1.29 is 27.5 Å². The van der Waals surface area contributed by atoms with Gasteiger partial charge in [-0.3, -0.25) is 15.1 Å². The predicted octanol–water partition coefficient (Wildman–Crippen LogP) is 4.60. The molecule has 1 amide bonds. The molecule has 2 aliphatic carbocycles. The number of nitrogens with one attached hydrogen (secondary N) is 2. The predicted molar refractivity (Wildman–Crippen MR) is 124 cm³/mol. The van der Waals surface area contributed by atoms with Crippen LogP contribution >= 0.6 is 0 Å². The molecule has 10 heteroatoms. The molecular formula is C26H28F4N4O2. The van der Waals surface area contributed by atoms with Gasteiger partial charge in [-0.15, -0.1) is 0 Å². The van der Waals surface area contributed by atoms with Gasteiger partial charge in [0.1, 0.15) is 17.2 Å². The van der Waals surface area contributed by atoms with Gasteiger partial charge in [0.15, 0.2) is 0 Å². The number of amides is 1. The van der Waals surface area contributed by atoms with Crippen LogP contribution in [-0.4, -0.2) is 39.4 Å². The summed E-state index contributed by atoms with van der Waals surface area (Å²) in [7, 11) is 0. The van der Waals surface area contributed by atoms with Crippen molar-refractivity contribution in [3.63, 3.8) is 0 Å². The molecule has 1 aromatic carbocycles. The summed E-state index contributed by atoms with van der Waals surface area (Å²) in [6.45, 7) is 2.37. The number of halogens is 4. The Balaban J connectivity index is 1.55. The third-order valence-electron chi connectivity index (χ3n) is 6.59. The first-order valence-electron chi connectivity index (χ1n) is 11.8. The maximum Gasteiger partial charge on any atom is 0.407 e. The van der Waals surface area contributed by atoms with Gasteiger partial charge in [0, 0.05) is 23.7 Å². The highest BCUT2D eigenvalue weighted by Crippen LogP contribution is 2.45. The summed E-state index contributed by atoms with van der Waals surface area (Å²) in [6, 6.07) is 7.23. The minimum Gasteiger partial charge on any atom is -0.385 e. The Bertz CT molecular complexity index is 1140. The van der Waals surface area contributed by atoms with Gasteiger partial charge in [-0.2, -0.15) is 18.4 Å². The molecule has 0 unspecified atom stereocenters. The lowest BCUT2D eigenvalue weighted by Crippen LogP contribution is -2.53. The van der Waals surface area contributed by atoms with Crippen LogP contribution in [0.1, 0.15) is 63.1 Å². The van der Waals surface area contributed by atoms with Gasteiger partial charge >= 0.3 is 6.18 Å². The second-order valence-corrected chi connectivity index (χ2v) is 10.4. The highest BCUT2D eigenvalue weighted by atomic mass is 19.4. The molecule has 2 saturated carbocycles. The second kappa shape index (κ2) is 9.12. The number of alkyl halides is 4. The average Bonchev–Trinajstić information content (AvgIpc) is 3.74. The molecule has 36 heavy (non-hydrogen) atoms.